The summed E-state index contributed by atoms with van der Waals surface area (Å²) in [6, 6.07) is 0. The maximum atomic E-state index is 11.8. The van der Waals surface area contributed by atoms with Crippen LogP contribution in [0.3, 0.4) is 0 Å². The Balaban J connectivity index is 2.27. The summed E-state index contributed by atoms with van der Waals surface area (Å²) in [5.74, 6) is -3.06. The Morgan fingerprint density at radius 2 is 2.16 bits per heavy atom. The van der Waals surface area contributed by atoms with Crippen LogP contribution in [0.15, 0.2) is 11.1 Å². The number of hydrogen-bond donors (Lipinski definition) is 7. The van der Waals surface area contributed by atoms with E-state index in [1.54, 1.807) is 0 Å². The van der Waals surface area contributed by atoms with E-state index in [-0.39, 0.29) is 17.1 Å². The van der Waals surface area contributed by atoms with Crippen LogP contribution in [-0.4, -0.2) is 69.5 Å². The molecule has 0 saturated carbocycles. The van der Waals surface area contributed by atoms with Crippen LogP contribution in [0.1, 0.15) is 0 Å². The number of hydrogen-bond acceptors (Lipinski definition) is 10. The number of aromatic nitrogens is 4. The Kier molecular flexibility index (Phi) is 4.17. The van der Waals surface area contributed by atoms with Crippen LogP contribution in [0.5, 0.6) is 0 Å². The highest BCUT2D eigenvalue weighted by molar-refractivity contribution is 7.46. The van der Waals surface area contributed by atoms with Crippen molar-refractivity contribution in [1.82, 2.24) is 19.5 Å². The molecular weight excluding hydrogens is 365 g/mol. The molecule has 3 rings (SSSR count). The third-order valence-electron chi connectivity index (χ3n) is 3.59. The molecule has 15 heteroatoms. The summed E-state index contributed by atoms with van der Waals surface area (Å²) in [4.78, 5) is 39.9. The van der Waals surface area contributed by atoms with E-state index in [2.05, 4.69) is 19.5 Å². The largest absolute Gasteiger partial charge is 0.473 e. The van der Waals surface area contributed by atoms with Gasteiger partial charge in [-0.2, -0.15) is 4.98 Å². The number of imidazole rings is 1. The van der Waals surface area contributed by atoms with Crippen molar-refractivity contribution in [3.8, 4) is 0 Å². The Morgan fingerprint density at radius 3 is 2.72 bits per heavy atom. The number of nitrogens with two attached hydrogens (primary N) is 1. The second-order valence-electron chi connectivity index (χ2n) is 5.22. The molecule has 2 aromatic heterocycles. The Bertz CT molecular complexity index is 908. The van der Waals surface area contributed by atoms with E-state index < -0.39 is 44.2 Å². The number of nitrogens with zero attached hydrogens (tertiary/aromatic N) is 3. The molecule has 1 saturated heterocycles. The monoisotopic (exact) mass is 379 g/mol. The molecule has 138 valence electrons. The number of phosphoric ester groups is 1. The van der Waals surface area contributed by atoms with Gasteiger partial charge in [-0.25, -0.2) is 14.1 Å². The van der Waals surface area contributed by atoms with E-state index in [1.807, 2.05) is 0 Å². The van der Waals surface area contributed by atoms with Gasteiger partial charge in [-0.3, -0.25) is 14.3 Å². The van der Waals surface area contributed by atoms with E-state index in [9.17, 15) is 34.5 Å². The Morgan fingerprint density at radius 1 is 1.48 bits per heavy atom. The van der Waals surface area contributed by atoms with Crippen molar-refractivity contribution in [2.75, 3.05) is 12.3 Å². The number of fused-ring (bicyclic) bond motifs is 1. The van der Waals surface area contributed by atoms with Crippen LogP contribution in [0.2, 0.25) is 0 Å². The number of aromatic amines is 1. The molecule has 0 amide bonds. The minimum absolute atomic E-state index is 0.291. The van der Waals surface area contributed by atoms with E-state index >= 15 is 0 Å². The average Bonchev–Trinajstić information content (AvgIpc) is 3.01. The number of aliphatic hydroxyl groups excluding tert-OH is 3. The summed E-state index contributed by atoms with van der Waals surface area (Å²) in [5, 5.41) is 29.5. The second-order valence-corrected chi connectivity index (χ2v) is 6.39. The van der Waals surface area contributed by atoms with Gasteiger partial charge < -0.3 is 35.6 Å². The fourth-order valence-corrected chi connectivity index (χ4v) is 3.14. The lowest BCUT2D eigenvalue weighted by molar-refractivity contribution is -0.275. The van der Waals surface area contributed by atoms with Crippen LogP contribution in [-0.2, 0) is 19.7 Å². The maximum absolute atomic E-state index is 11.8. The van der Waals surface area contributed by atoms with Crippen LogP contribution in [0.4, 0.5) is 5.95 Å². The first kappa shape index (κ1) is 17.9. The summed E-state index contributed by atoms with van der Waals surface area (Å²) < 4.78 is 21.9. The molecule has 2 aromatic rings. The van der Waals surface area contributed by atoms with Crippen LogP contribution >= 0.6 is 7.82 Å². The summed E-state index contributed by atoms with van der Waals surface area (Å²) in [7, 11) is -5.30. The zero-order chi connectivity index (χ0) is 18.6. The van der Waals surface area contributed by atoms with Gasteiger partial charge in [0.1, 0.15) is 18.5 Å². The maximum Gasteiger partial charge on any atom is 0.473 e. The molecule has 0 unspecified atom stereocenters. The van der Waals surface area contributed by atoms with Crippen molar-refractivity contribution in [2.24, 2.45) is 0 Å². The Labute approximate surface area is 137 Å². The normalized spacial score (nSPS) is 30.2. The summed E-state index contributed by atoms with van der Waals surface area (Å²) in [6.07, 6.45) is -4.43. The molecule has 1 fully saturated rings. The zero-order valence-corrected chi connectivity index (χ0v) is 13.1. The lowest BCUT2D eigenvalue weighted by Gasteiger charge is -2.32. The van der Waals surface area contributed by atoms with Gasteiger partial charge in [-0.05, 0) is 0 Å². The molecule has 8 N–H and O–H groups in total. The highest BCUT2D eigenvalue weighted by Crippen LogP contribution is 2.49. The van der Waals surface area contributed by atoms with Crippen molar-refractivity contribution in [1.29, 1.82) is 0 Å². The second kappa shape index (κ2) is 5.82. The molecule has 1 aliphatic rings. The predicted molar refractivity (Wildman–Crippen MR) is 77.6 cm³/mol. The SMILES string of the molecule is Nc1nc2c(ncn2[C@]2(OP(=O)(O)O)O[C@H](CO)[C@@H](O)[C@H]2O)c(=O)[nH]1. The number of aliphatic hydroxyl groups is 3. The van der Waals surface area contributed by atoms with Gasteiger partial charge in [-0.15, -0.1) is 0 Å². The summed E-state index contributed by atoms with van der Waals surface area (Å²) in [6.45, 7) is -0.798. The average molecular weight is 379 g/mol. The fraction of sp³-hybridized carbons (Fsp3) is 0.500. The third kappa shape index (κ3) is 2.84. The van der Waals surface area contributed by atoms with E-state index in [0.29, 0.717) is 4.57 Å². The molecule has 3 heterocycles. The Hall–Kier alpha value is -1.90. The standard InChI is InChI=1S/C10H14N5O9P/c11-9-13-7-4(8(19)14-9)12-2-15(7)10(24-25(20,21)22)6(18)5(17)3(1-16)23-10/h2-3,5-6,16-18H,1H2,(H2,20,21,22)(H3,11,13,14,19)/t3-,5-,6-,10+/m1/s1. The zero-order valence-electron chi connectivity index (χ0n) is 12.3. The minimum atomic E-state index is -5.30. The van der Waals surface area contributed by atoms with Crippen LogP contribution < -0.4 is 11.3 Å². The molecule has 4 atom stereocenters. The van der Waals surface area contributed by atoms with Crippen molar-refractivity contribution in [3.05, 3.63) is 16.7 Å². The van der Waals surface area contributed by atoms with Gasteiger partial charge in [0.05, 0.1) is 6.61 Å². The number of nitrogen functional groups attached to an aromatic ring is 1. The molecule has 1 aliphatic heterocycles. The molecule has 0 spiro atoms. The molecule has 0 aliphatic carbocycles. The van der Waals surface area contributed by atoms with Crippen molar-refractivity contribution < 1.29 is 38.9 Å². The molecule has 0 aromatic carbocycles. The minimum Gasteiger partial charge on any atom is -0.394 e. The van der Waals surface area contributed by atoms with Gasteiger partial charge in [0, 0.05) is 0 Å². The van der Waals surface area contributed by atoms with Gasteiger partial charge in [0.25, 0.3) is 11.5 Å². The first-order valence-electron chi connectivity index (χ1n) is 6.73. The summed E-state index contributed by atoms with van der Waals surface area (Å²) in [5.41, 5.74) is 4.05. The molecule has 14 nitrogen and oxygen atoms in total. The van der Waals surface area contributed by atoms with Gasteiger partial charge in [-0.1, -0.05) is 0 Å². The first-order valence-corrected chi connectivity index (χ1v) is 8.26. The third-order valence-corrected chi connectivity index (χ3v) is 4.09. The lowest BCUT2D eigenvalue weighted by atomic mass is 10.1. The number of phosphoric acid groups is 1. The first-order chi connectivity index (χ1) is 11.6. The number of rotatable bonds is 4. The molecule has 0 radical (unpaired) electrons. The lowest BCUT2D eigenvalue weighted by Crippen LogP contribution is -2.47. The van der Waals surface area contributed by atoms with Gasteiger partial charge >= 0.3 is 7.82 Å². The number of H-pyrrole nitrogens is 1. The highest BCUT2D eigenvalue weighted by Gasteiger charge is 2.60. The summed E-state index contributed by atoms with van der Waals surface area (Å²) >= 11 is 0. The number of anilines is 1. The van der Waals surface area contributed by atoms with Crippen molar-refractivity contribution in [3.63, 3.8) is 0 Å². The highest BCUT2D eigenvalue weighted by atomic mass is 31.2. The predicted octanol–water partition coefficient (Wildman–Crippen LogP) is -3.47. The van der Waals surface area contributed by atoms with Gasteiger partial charge in [0.2, 0.25) is 5.95 Å². The molecular formula is C10H14N5O9P. The van der Waals surface area contributed by atoms with Crippen LogP contribution in [0.25, 0.3) is 11.2 Å². The quantitative estimate of drug-likeness (QED) is 0.257. The van der Waals surface area contributed by atoms with Crippen LogP contribution in [0, 0.1) is 0 Å². The van der Waals surface area contributed by atoms with Crippen molar-refractivity contribution in [2.45, 2.75) is 24.2 Å². The number of ether oxygens (including phenoxy) is 1. The number of nitrogens with one attached hydrogen (secondary N) is 1. The van der Waals surface area contributed by atoms with Crippen molar-refractivity contribution >= 4 is 24.9 Å². The molecule has 0 bridgehead atoms. The fourth-order valence-electron chi connectivity index (χ4n) is 2.56. The van der Waals surface area contributed by atoms with E-state index in [4.69, 9.17) is 10.5 Å². The smallest absolute Gasteiger partial charge is 0.394 e. The van der Waals surface area contributed by atoms with E-state index in [1.165, 1.54) is 0 Å². The van der Waals surface area contributed by atoms with Gasteiger partial charge in [0.15, 0.2) is 17.3 Å². The van der Waals surface area contributed by atoms with E-state index in [0.717, 1.165) is 6.33 Å². The molecule has 25 heavy (non-hydrogen) atoms. The topological polar surface area (TPSA) is 226 Å².